The van der Waals surface area contributed by atoms with Gasteiger partial charge >= 0.3 is 5.97 Å². The fraction of sp³-hybridized carbons (Fsp3) is 0.222. The van der Waals surface area contributed by atoms with Gasteiger partial charge in [0.25, 0.3) is 0 Å². The summed E-state index contributed by atoms with van der Waals surface area (Å²) < 4.78 is 7.34. The smallest absolute Gasteiger partial charge is 0.306 e. The molecule has 2 aromatic carbocycles. The quantitative estimate of drug-likeness (QED) is 0.653. The number of nitrogens with zero attached hydrogens (tertiary/aromatic N) is 2. The summed E-state index contributed by atoms with van der Waals surface area (Å²) in [4.78, 5) is 16.1. The van der Waals surface area contributed by atoms with E-state index in [9.17, 15) is 4.79 Å². The van der Waals surface area contributed by atoms with Gasteiger partial charge in [-0.15, -0.1) is 0 Å². The number of benzene rings is 2. The van der Waals surface area contributed by atoms with Crippen LogP contribution in [0.5, 0.6) is 0 Å². The number of imidazole rings is 1. The van der Waals surface area contributed by atoms with E-state index in [2.05, 4.69) is 9.55 Å². The number of rotatable bonds is 6. The number of ether oxygens (including phenoxy) is 1. The van der Waals surface area contributed by atoms with Crippen molar-refractivity contribution < 1.29 is 9.53 Å². The Kier molecular flexibility index (Phi) is 4.49. The highest BCUT2D eigenvalue weighted by molar-refractivity contribution is 5.75. The van der Waals surface area contributed by atoms with Crippen LogP contribution in [0.2, 0.25) is 0 Å². The lowest BCUT2D eigenvalue weighted by Gasteiger charge is -2.06. The van der Waals surface area contributed by atoms with Crippen molar-refractivity contribution in [1.29, 1.82) is 0 Å². The third-order valence-corrected chi connectivity index (χ3v) is 3.55. The van der Waals surface area contributed by atoms with Crippen molar-refractivity contribution in [2.45, 2.75) is 26.0 Å². The van der Waals surface area contributed by atoms with Gasteiger partial charge in [0.1, 0.15) is 6.61 Å². The number of aryl methyl sites for hydroxylation is 1. The van der Waals surface area contributed by atoms with E-state index < -0.39 is 0 Å². The molecule has 0 saturated carbocycles. The monoisotopic (exact) mass is 294 g/mol. The van der Waals surface area contributed by atoms with Crippen LogP contribution in [0.25, 0.3) is 11.0 Å². The first-order valence-electron chi connectivity index (χ1n) is 7.42. The summed E-state index contributed by atoms with van der Waals surface area (Å²) in [5, 5.41) is 0. The maximum absolute atomic E-state index is 11.8. The summed E-state index contributed by atoms with van der Waals surface area (Å²) >= 11 is 0. The third kappa shape index (κ3) is 3.52. The summed E-state index contributed by atoms with van der Waals surface area (Å²) in [6.45, 7) is 1.11. The highest BCUT2D eigenvalue weighted by Crippen LogP contribution is 2.12. The second kappa shape index (κ2) is 6.89. The summed E-state index contributed by atoms with van der Waals surface area (Å²) in [5.41, 5.74) is 3.09. The molecule has 0 atom stereocenters. The molecule has 1 heterocycles. The average Bonchev–Trinajstić information content (AvgIpc) is 2.97. The van der Waals surface area contributed by atoms with Crippen LogP contribution in [0.4, 0.5) is 0 Å². The van der Waals surface area contributed by atoms with Crippen LogP contribution in [0.15, 0.2) is 60.9 Å². The van der Waals surface area contributed by atoms with Gasteiger partial charge in [0.05, 0.1) is 17.4 Å². The zero-order valence-corrected chi connectivity index (χ0v) is 12.3. The third-order valence-electron chi connectivity index (χ3n) is 3.55. The molecule has 4 heteroatoms. The number of carbonyl (C=O) groups is 1. The molecule has 0 spiro atoms. The SMILES string of the molecule is O=C(CCCn1cnc2ccccc21)OCc1ccccc1. The van der Waals surface area contributed by atoms with Crippen molar-refractivity contribution in [3.63, 3.8) is 0 Å². The molecular formula is C18H18N2O2. The van der Waals surface area contributed by atoms with E-state index >= 15 is 0 Å². The molecule has 0 aliphatic heterocycles. The zero-order chi connectivity index (χ0) is 15.2. The summed E-state index contributed by atoms with van der Waals surface area (Å²) in [7, 11) is 0. The lowest BCUT2D eigenvalue weighted by Crippen LogP contribution is -2.06. The van der Waals surface area contributed by atoms with Crippen LogP contribution < -0.4 is 0 Å². The van der Waals surface area contributed by atoms with E-state index in [4.69, 9.17) is 4.74 Å². The Morgan fingerprint density at radius 3 is 2.68 bits per heavy atom. The molecule has 3 rings (SSSR count). The predicted octanol–water partition coefficient (Wildman–Crippen LogP) is 3.56. The maximum Gasteiger partial charge on any atom is 0.306 e. The van der Waals surface area contributed by atoms with Gasteiger partial charge in [0.15, 0.2) is 0 Å². The van der Waals surface area contributed by atoms with Crippen molar-refractivity contribution in [3.8, 4) is 0 Å². The van der Waals surface area contributed by atoms with Crippen LogP contribution in [0.1, 0.15) is 18.4 Å². The van der Waals surface area contributed by atoms with Crippen molar-refractivity contribution >= 4 is 17.0 Å². The van der Waals surface area contributed by atoms with Crippen molar-refractivity contribution in [2.24, 2.45) is 0 Å². The Hall–Kier alpha value is -2.62. The molecule has 0 unspecified atom stereocenters. The first kappa shape index (κ1) is 14.3. The van der Waals surface area contributed by atoms with Gasteiger partial charge in [-0.2, -0.15) is 0 Å². The normalized spacial score (nSPS) is 10.7. The van der Waals surface area contributed by atoms with E-state index in [0.29, 0.717) is 13.0 Å². The Balaban J connectivity index is 1.45. The fourth-order valence-electron chi connectivity index (χ4n) is 2.39. The van der Waals surface area contributed by atoms with Gasteiger partial charge in [-0.3, -0.25) is 4.79 Å². The van der Waals surface area contributed by atoms with E-state index in [1.165, 1.54) is 0 Å². The molecule has 4 nitrogen and oxygen atoms in total. The lowest BCUT2D eigenvalue weighted by atomic mass is 10.2. The Bertz CT molecular complexity index is 750. The van der Waals surface area contributed by atoms with Crippen LogP contribution in [-0.2, 0) is 22.7 Å². The second-order valence-corrected chi connectivity index (χ2v) is 5.18. The minimum absolute atomic E-state index is 0.159. The van der Waals surface area contributed by atoms with E-state index in [1.54, 1.807) is 0 Å². The summed E-state index contributed by atoms with van der Waals surface area (Å²) in [6.07, 6.45) is 2.98. The van der Waals surface area contributed by atoms with Crippen LogP contribution >= 0.6 is 0 Å². The molecule has 0 bridgehead atoms. The molecule has 0 aliphatic carbocycles. The molecule has 1 aromatic heterocycles. The molecule has 112 valence electrons. The molecule has 0 radical (unpaired) electrons. The van der Waals surface area contributed by atoms with Crippen molar-refractivity contribution in [1.82, 2.24) is 9.55 Å². The average molecular weight is 294 g/mol. The lowest BCUT2D eigenvalue weighted by molar-refractivity contribution is -0.145. The molecule has 0 aliphatic rings. The van der Waals surface area contributed by atoms with E-state index in [-0.39, 0.29) is 5.97 Å². The Morgan fingerprint density at radius 2 is 1.82 bits per heavy atom. The van der Waals surface area contributed by atoms with Gasteiger partial charge in [-0.1, -0.05) is 42.5 Å². The minimum atomic E-state index is -0.159. The van der Waals surface area contributed by atoms with Gasteiger partial charge in [0.2, 0.25) is 0 Å². The Labute approximate surface area is 129 Å². The molecule has 0 fully saturated rings. The number of para-hydroxylation sites is 2. The number of aromatic nitrogens is 2. The fourth-order valence-corrected chi connectivity index (χ4v) is 2.39. The number of esters is 1. The van der Waals surface area contributed by atoms with Gasteiger partial charge < -0.3 is 9.30 Å². The van der Waals surface area contributed by atoms with E-state index in [0.717, 1.165) is 29.6 Å². The summed E-state index contributed by atoms with van der Waals surface area (Å²) in [5.74, 6) is -0.159. The number of fused-ring (bicyclic) bond motifs is 1. The van der Waals surface area contributed by atoms with Gasteiger partial charge in [-0.25, -0.2) is 4.98 Å². The topological polar surface area (TPSA) is 44.1 Å². The van der Waals surface area contributed by atoms with Crippen LogP contribution in [0.3, 0.4) is 0 Å². The molecule has 3 aromatic rings. The highest BCUT2D eigenvalue weighted by Gasteiger charge is 2.05. The molecular weight excluding hydrogens is 276 g/mol. The molecule has 22 heavy (non-hydrogen) atoms. The zero-order valence-electron chi connectivity index (χ0n) is 12.3. The standard InChI is InChI=1S/C18H18N2O2/c21-18(22-13-15-7-2-1-3-8-15)11-6-12-20-14-19-16-9-4-5-10-17(16)20/h1-5,7-10,14H,6,11-13H2. The first-order chi connectivity index (χ1) is 10.8. The summed E-state index contributed by atoms with van der Waals surface area (Å²) in [6, 6.07) is 17.7. The first-order valence-corrected chi connectivity index (χ1v) is 7.42. The van der Waals surface area contributed by atoms with Gasteiger partial charge in [0, 0.05) is 13.0 Å². The van der Waals surface area contributed by atoms with Crippen molar-refractivity contribution in [3.05, 3.63) is 66.5 Å². The van der Waals surface area contributed by atoms with Crippen molar-refractivity contribution in [2.75, 3.05) is 0 Å². The number of carbonyl (C=O) groups excluding carboxylic acids is 1. The molecule has 0 N–H and O–H groups in total. The molecule has 0 amide bonds. The van der Waals surface area contributed by atoms with E-state index in [1.807, 2.05) is 60.9 Å². The second-order valence-electron chi connectivity index (χ2n) is 5.18. The van der Waals surface area contributed by atoms with Crippen LogP contribution in [0, 0.1) is 0 Å². The number of hydrogen-bond donors (Lipinski definition) is 0. The largest absolute Gasteiger partial charge is 0.461 e. The van der Waals surface area contributed by atoms with Crippen LogP contribution in [-0.4, -0.2) is 15.5 Å². The number of hydrogen-bond acceptors (Lipinski definition) is 3. The Morgan fingerprint density at radius 1 is 1.05 bits per heavy atom. The predicted molar refractivity (Wildman–Crippen MR) is 85.2 cm³/mol. The minimum Gasteiger partial charge on any atom is -0.461 e. The maximum atomic E-state index is 11.8. The van der Waals surface area contributed by atoms with Gasteiger partial charge in [-0.05, 0) is 24.1 Å². The molecule has 0 saturated heterocycles. The highest BCUT2D eigenvalue weighted by atomic mass is 16.5.